The standard InChI is InChI=1S/C15H16ClN3O/c16-11-2-1-3-12-13(11)17-14-19(12)9-15(20-14)8-18-6-4-10(15)5-7-18/h1-3,10H,4-9H2/t15-/m0/s1. The van der Waals surface area contributed by atoms with Gasteiger partial charge in [0.15, 0.2) is 0 Å². The average molecular weight is 290 g/mol. The second kappa shape index (κ2) is 3.68. The van der Waals surface area contributed by atoms with Gasteiger partial charge in [-0.05, 0) is 38.1 Å². The van der Waals surface area contributed by atoms with Gasteiger partial charge in [0.05, 0.1) is 17.1 Å². The molecule has 4 nitrogen and oxygen atoms in total. The van der Waals surface area contributed by atoms with Crippen molar-refractivity contribution in [2.75, 3.05) is 19.6 Å². The van der Waals surface area contributed by atoms with Crippen molar-refractivity contribution >= 4 is 22.6 Å². The summed E-state index contributed by atoms with van der Waals surface area (Å²) in [4.78, 5) is 7.15. The number of benzene rings is 1. The predicted molar refractivity (Wildman–Crippen MR) is 77.3 cm³/mol. The van der Waals surface area contributed by atoms with E-state index in [1.54, 1.807) is 0 Å². The average Bonchev–Trinajstić information content (AvgIpc) is 2.96. The summed E-state index contributed by atoms with van der Waals surface area (Å²) in [5.74, 6) is 0.670. The molecule has 0 amide bonds. The lowest BCUT2D eigenvalue weighted by Gasteiger charge is -2.50. The molecule has 20 heavy (non-hydrogen) atoms. The Morgan fingerprint density at radius 2 is 2.10 bits per heavy atom. The molecule has 3 fully saturated rings. The smallest absolute Gasteiger partial charge is 0.298 e. The van der Waals surface area contributed by atoms with Crippen molar-refractivity contribution in [1.82, 2.24) is 14.5 Å². The van der Waals surface area contributed by atoms with Crippen LogP contribution in [0.5, 0.6) is 6.01 Å². The molecule has 1 aromatic carbocycles. The van der Waals surface area contributed by atoms with Crippen LogP contribution in [-0.2, 0) is 6.54 Å². The molecule has 0 unspecified atom stereocenters. The number of hydrogen-bond acceptors (Lipinski definition) is 3. The van der Waals surface area contributed by atoms with Crippen molar-refractivity contribution in [1.29, 1.82) is 0 Å². The van der Waals surface area contributed by atoms with Crippen molar-refractivity contribution in [2.45, 2.75) is 25.0 Å². The first-order valence-electron chi connectivity index (χ1n) is 7.31. The molecule has 5 heterocycles. The second-order valence-electron chi connectivity index (χ2n) is 6.31. The zero-order chi connectivity index (χ0) is 13.3. The van der Waals surface area contributed by atoms with E-state index in [0.29, 0.717) is 10.9 Å². The molecule has 0 N–H and O–H groups in total. The van der Waals surface area contributed by atoms with E-state index in [2.05, 4.69) is 20.5 Å². The minimum absolute atomic E-state index is 0.0463. The second-order valence-corrected chi connectivity index (χ2v) is 6.71. The summed E-state index contributed by atoms with van der Waals surface area (Å²) in [7, 11) is 0. The number of para-hydroxylation sites is 1. The maximum Gasteiger partial charge on any atom is 0.298 e. The van der Waals surface area contributed by atoms with E-state index in [9.17, 15) is 0 Å². The van der Waals surface area contributed by atoms with E-state index in [1.165, 1.54) is 25.9 Å². The fourth-order valence-corrected chi connectivity index (χ4v) is 4.44. The number of halogens is 1. The number of rotatable bonds is 0. The summed E-state index contributed by atoms with van der Waals surface area (Å²) in [5.41, 5.74) is 1.91. The molecule has 4 aliphatic heterocycles. The Morgan fingerprint density at radius 3 is 2.85 bits per heavy atom. The molecule has 4 aliphatic rings. The Labute approximate surface area is 122 Å². The highest BCUT2D eigenvalue weighted by Gasteiger charge is 2.53. The van der Waals surface area contributed by atoms with Gasteiger partial charge in [0.2, 0.25) is 0 Å². The quantitative estimate of drug-likeness (QED) is 0.747. The number of aromatic nitrogens is 2. The Balaban J connectivity index is 1.61. The number of nitrogens with zero attached hydrogens (tertiary/aromatic N) is 3. The van der Waals surface area contributed by atoms with Gasteiger partial charge in [-0.3, -0.25) is 9.47 Å². The molecule has 104 valence electrons. The fraction of sp³-hybridized carbons (Fsp3) is 0.533. The fourth-order valence-electron chi connectivity index (χ4n) is 4.22. The van der Waals surface area contributed by atoms with Crippen molar-refractivity contribution < 1.29 is 4.74 Å². The number of imidazole rings is 1. The number of piperidine rings is 3. The summed E-state index contributed by atoms with van der Waals surface area (Å²) >= 11 is 6.22. The summed E-state index contributed by atoms with van der Waals surface area (Å²) in [5, 5.41) is 0.705. The molecule has 1 atom stereocenters. The molecule has 1 aromatic heterocycles. The van der Waals surface area contributed by atoms with Crippen molar-refractivity contribution in [3.05, 3.63) is 23.2 Å². The maximum absolute atomic E-state index is 6.36. The lowest BCUT2D eigenvalue weighted by molar-refractivity contribution is -0.0831. The summed E-state index contributed by atoms with van der Waals surface area (Å²) < 4.78 is 8.57. The first kappa shape index (κ1) is 11.4. The molecule has 0 saturated carbocycles. The van der Waals surface area contributed by atoms with Crippen LogP contribution >= 0.6 is 11.6 Å². The van der Waals surface area contributed by atoms with Gasteiger partial charge >= 0.3 is 0 Å². The van der Waals surface area contributed by atoms with Crippen LogP contribution in [0.1, 0.15) is 12.8 Å². The SMILES string of the molecule is Clc1cccc2c1nc1n2C[C@]2(CN3CCC2CC3)O1. The van der Waals surface area contributed by atoms with Crippen LogP contribution in [0.4, 0.5) is 0 Å². The van der Waals surface area contributed by atoms with Crippen molar-refractivity contribution in [2.24, 2.45) is 5.92 Å². The van der Waals surface area contributed by atoms with Crippen molar-refractivity contribution in [3.63, 3.8) is 0 Å². The molecule has 2 bridgehead atoms. The minimum atomic E-state index is -0.0463. The Morgan fingerprint density at radius 1 is 1.25 bits per heavy atom. The summed E-state index contributed by atoms with van der Waals surface area (Å²) in [6.45, 7) is 4.42. The number of ether oxygens (including phenoxy) is 1. The van der Waals surface area contributed by atoms with Gasteiger partial charge in [0.25, 0.3) is 6.01 Å². The van der Waals surface area contributed by atoms with E-state index in [4.69, 9.17) is 16.3 Å². The number of hydrogen-bond donors (Lipinski definition) is 0. The third-order valence-corrected chi connectivity index (χ3v) is 5.54. The zero-order valence-electron chi connectivity index (χ0n) is 11.2. The third kappa shape index (κ3) is 1.33. The van der Waals surface area contributed by atoms with Gasteiger partial charge in [-0.25, -0.2) is 0 Å². The summed E-state index contributed by atoms with van der Waals surface area (Å²) in [6, 6.07) is 6.71. The Hall–Kier alpha value is -1.26. The normalized spacial score (nSPS) is 34.6. The van der Waals surface area contributed by atoms with Gasteiger partial charge < -0.3 is 4.74 Å². The topological polar surface area (TPSA) is 30.3 Å². The van der Waals surface area contributed by atoms with Gasteiger partial charge in [-0.1, -0.05) is 17.7 Å². The van der Waals surface area contributed by atoms with Crippen LogP contribution in [0.2, 0.25) is 5.02 Å². The Bertz CT molecular complexity index is 704. The molecule has 2 aromatic rings. The lowest BCUT2D eigenvalue weighted by Crippen LogP contribution is -2.61. The van der Waals surface area contributed by atoms with Gasteiger partial charge in [0.1, 0.15) is 11.1 Å². The zero-order valence-corrected chi connectivity index (χ0v) is 11.9. The van der Waals surface area contributed by atoms with Crippen LogP contribution in [0.25, 0.3) is 11.0 Å². The highest BCUT2D eigenvalue weighted by molar-refractivity contribution is 6.34. The highest BCUT2D eigenvalue weighted by atomic mass is 35.5. The van der Waals surface area contributed by atoms with E-state index >= 15 is 0 Å². The lowest BCUT2D eigenvalue weighted by atomic mass is 9.75. The summed E-state index contributed by atoms with van der Waals surface area (Å²) in [6.07, 6.45) is 2.51. The van der Waals surface area contributed by atoms with Crippen LogP contribution in [-0.4, -0.2) is 39.7 Å². The molecular weight excluding hydrogens is 274 g/mol. The molecule has 0 radical (unpaired) electrons. The largest absolute Gasteiger partial charge is 0.454 e. The predicted octanol–water partition coefficient (Wildman–Crippen LogP) is 2.55. The van der Waals surface area contributed by atoms with E-state index < -0.39 is 0 Å². The first-order chi connectivity index (χ1) is 9.75. The van der Waals surface area contributed by atoms with E-state index in [1.807, 2.05) is 12.1 Å². The molecule has 5 heteroatoms. The minimum Gasteiger partial charge on any atom is -0.454 e. The molecular formula is C15H16ClN3O. The first-order valence-corrected chi connectivity index (χ1v) is 7.69. The molecule has 6 rings (SSSR count). The van der Waals surface area contributed by atoms with E-state index in [-0.39, 0.29) is 5.60 Å². The molecule has 0 aliphatic carbocycles. The van der Waals surface area contributed by atoms with Crippen molar-refractivity contribution in [3.8, 4) is 6.01 Å². The van der Waals surface area contributed by atoms with Gasteiger partial charge in [-0.15, -0.1) is 0 Å². The van der Waals surface area contributed by atoms with Crippen LogP contribution < -0.4 is 4.74 Å². The van der Waals surface area contributed by atoms with Gasteiger partial charge in [-0.2, -0.15) is 4.98 Å². The van der Waals surface area contributed by atoms with Crippen LogP contribution in [0.3, 0.4) is 0 Å². The van der Waals surface area contributed by atoms with Crippen LogP contribution in [0.15, 0.2) is 18.2 Å². The Kier molecular flexibility index (Phi) is 2.10. The third-order valence-electron chi connectivity index (χ3n) is 5.24. The van der Waals surface area contributed by atoms with Crippen LogP contribution in [0, 0.1) is 5.92 Å². The van der Waals surface area contributed by atoms with Gasteiger partial charge in [0, 0.05) is 12.5 Å². The highest BCUT2D eigenvalue weighted by Crippen LogP contribution is 2.45. The maximum atomic E-state index is 6.36. The van der Waals surface area contributed by atoms with E-state index in [0.717, 1.165) is 30.1 Å². The molecule has 1 spiro atoms. The number of fused-ring (bicyclic) bond motifs is 5. The monoisotopic (exact) mass is 289 g/mol. The molecule has 3 saturated heterocycles.